The average Bonchev–Trinajstić information content (AvgIpc) is 2.63. The molecule has 0 aromatic rings. The van der Waals surface area contributed by atoms with E-state index in [-0.39, 0.29) is 12.5 Å². The molecule has 0 radical (unpaired) electrons. The van der Waals surface area contributed by atoms with Crippen LogP contribution in [-0.2, 0) is 14.3 Å². The zero-order valence-electron chi connectivity index (χ0n) is 11.4. The van der Waals surface area contributed by atoms with Crippen molar-refractivity contribution in [2.24, 2.45) is 5.73 Å². The zero-order valence-corrected chi connectivity index (χ0v) is 11.4. The number of nitrogens with two attached hydrogens (primary N) is 1. The predicted molar refractivity (Wildman–Crippen MR) is 69.4 cm³/mol. The Morgan fingerprint density at radius 2 is 2.06 bits per heavy atom. The van der Waals surface area contributed by atoms with E-state index in [2.05, 4.69) is 4.90 Å². The van der Waals surface area contributed by atoms with Crippen molar-refractivity contribution >= 4 is 5.91 Å². The highest BCUT2D eigenvalue weighted by Crippen LogP contribution is 2.06. The lowest BCUT2D eigenvalue weighted by Crippen LogP contribution is -2.45. The molecule has 6 nitrogen and oxygen atoms in total. The molecular formula is C12H25N3O3. The number of amides is 1. The van der Waals surface area contributed by atoms with E-state index < -0.39 is 6.10 Å². The SMILES string of the molecule is COCCN1CCCN(C(=O)C(CN)OC)CC1. The zero-order chi connectivity index (χ0) is 13.4. The molecule has 1 aliphatic rings. The third kappa shape index (κ3) is 4.53. The standard InChI is InChI=1S/C12H25N3O3/c1-17-9-8-14-4-3-5-15(7-6-14)12(16)11(10-13)18-2/h11H,3-10,13H2,1-2H3. The van der Waals surface area contributed by atoms with Crippen LogP contribution in [0.1, 0.15) is 6.42 Å². The fourth-order valence-electron chi connectivity index (χ4n) is 2.14. The van der Waals surface area contributed by atoms with Crippen molar-refractivity contribution in [2.45, 2.75) is 12.5 Å². The molecule has 18 heavy (non-hydrogen) atoms. The van der Waals surface area contributed by atoms with Crippen LogP contribution in [0, 0.1) is 0 Å². The van der Waals surface area contributed by atoms with Gasteiger partial charge in [0.1, 0.15) is 6.10 Å². The van der Waals surface area contributed by atoms with Gasteiger partial charge in [0.15, 0.2) is 0 Å². The molecule has 1 atom stereocenters. The first-order chi connectivity index (χ1) is 8.72. The number of carbonyl (C=O) groups excluding carboxylic acids is 1. The molecule has 1 fully saturated rings. The first kappa shape index (κ1) is 15.4. The summed E-state index contributed by atoms with van der Waals surface area (Å²) >= 11 is 0. The van der Waals surface area contributed by atoms with Crippen molar-refractivity contribution in [1.82, 2.24) is 9.80 Å². The number of nitrogens with zero attached hydrogens (tertiary/aromatic N) is 2. The molecule has 0 bridgehead atoms. The van der Waals surface area contributed by atoms with Crippen molar-refractivity contribution in [2.75, 3.05) is 60.1 Å². The predicted octanol–water partition coefficient (Wildman–Crippen LogP) is -0.859. The van der Waals surface area contributed by atoms with Crippen LogP contribution in [0.3, 0.4) is 0 Å². The van der Waals surface area contributed by atoms with Gasteiger partial charge in [-0.15, -0.1) is 0 Å². The number of carbonyl (C=O) groups is 1. The van der Waals surface area contributed by atoms with Gasteiger partial charge in [-0.3, -0.25) is 9.69 Å². The van der Waals surface area contributed by atoms with Gasteiger partial charge >= 0.3 is 0 Å². The maximum atomic E-state index is 12.1. The minimum absolute atomic E-state index is 0.00796. The van der Waals surface area contributed by atoms with Gasteiger partial charge in [0.2, 0.25) is 0 Å². The lowest BCUT2D eigenvalue weighted by Gasteiger charge is -2.25. The molecule has 106 valence electrons. The van der Waals surface area contributed by atoms with Crippen LogP contribution in [0.5, 0.6) is 0 Å². The van der Waals surface area contributed by atoms with E-state index in [0.717, 1.165) is 45.8 Å². The molecule has 0 aromatic carbocycles. The normalized spacial score (nSPS) is 19.6. The van der Waals surface area contributed by atoms with Gasteiger partial charge in [0.25, 0.3) is 5.91 Å². The van der Waals surface area contributed by atoms with E-state index in [0.29, 0.717) is 0 Å². The first-order valence-electron chi connectivity index (χ1n) is 6.45. The maximum Gasteiger partial charge on any atom is 0.253 e. The summed E-state index contributed by atoms with van der Waals surface area (Å²) in [7, 11) is 3.23. The van der Waals surface area contributed by atoms with E-state index in [4.69, 9.17) is 15.2 Å². The topological polar surface area (TPSA) is 68.0 Å². The molecule has 1 amide bonds. The highest BCUT2D eigenvalue weighted by molar-refractivity contribution is 5.81. The second-order valence-corrected chi connectivity index (χ2v) is 4.47. The smallest absolute Gasteiger partial charge is 0.253 e. The molecule has 0 saturated carbocycles. The Morgan fingerprint density at radius 1 is 1.28 bits per heavy atom. The largest absolute Gasteiger partial charge is 0.383 e. The summed E-state index contributed by atoms with van der Waals surface area (Å²) in [5.41, 5.74) is 5.52. The fourth-order valence-corrected chi connectivity index (χ4v) is 2.14. The van der Waals surface area contributed by atoms with Gasteiger partial charge in [-0.25, -0.2) is 0 Å². The molecule has 1 heterocycles. The van der Waals surface area contributed by atoms with Crippen LogP contribution >= 0.6 is 0 Å². The van der Waals surface area contributed by atoms with Crippen LogP contribution in [0.25, 0.3) is 0 Å². The van der Waals surface area contributed by atoms with Crippen molar-refractivity contribution in [3.63, 3.8) is 0 Å². The Hall–Kier alpha value is -0.690. The molecule has 2 N–H and O–H groups in total. The number of hydrogen-bond acceptors (Lipinski definition) is 5. The van der Waals surface area contributed by atoms with E-state index >= 15 is 0 Å². The highest BCUT2D eigenvalue weighted by atomic mass is 16.5. The van der Waals surface area contributed by atoms with Crippen molar-refractivity contribution in [3.8, 4) is 0 Å². The highest BCUT2D eigenvalue weighted by Gasteiger charge is 2.24. The Labute approximate surface area is 109 Å². The van der Waals surface area contributed by atoms with Gasteiger partial charge in [-0.1, -0.05) is 0 Å². The molecule has 0 aliphatic carbocycles. The van der Waals surface area contributed by atoms with Gasteiger partial charge < -0.3 is 20.1 Å². The number of rotatable bonds is 6. The second kappa shape index (κ2) is 8.42. The van der Waals surface area contributed by atoms with E-state index in [9.17, 15) is 4.79 Å². The monoisotopic (exact) mass is 259 g/mol. The van der Waals surface area contributed by atoms with Crippen LogP contribution in [-0.4, -0.2) is 81.9 Å². The van der Waals surface area contributed by atoms with Crippen LogP contribution < -0.4 is 5.73 Å². The molecule has 0 spiro atoms. The number of ether oxygens (including phenoxy) is 2. The molecule has 0 aromatic heterocycles. The fraction of sp³-hybridized carbons (Fsp3) is 0.917. The van der Waals surface area contributed by atoms with Crippen molar-refractivity contribution < 1.29 is 14.3 Å². The van der Waals surface area contributed by atoms with Crippen LogP contribution in [0.4, 0.5) is 0 Å². The van der Waals surface area contributed by atoms with Gasteiger partial charge in [0.05, 0.1) is 6.61 Å². The molecule has 1 unspecified atom stereocenters. The van der Waals surface area contributed by atoms with Gasteiger partial charge in [0, 0.05) is 46.9 Å². The molecular weight excluding hydrogens is 234 g/mol. The summed E-state index contributed by atoms with van der Waals surface area (Å²) in [5, 5.41) is 0. The lowest BCUT2D eigenvalue weighted by molar-refractivity contribution is -0.141. The van der Waals surface area contributed by atoms with Crippen LogP contribution in [0.2, 0.25) is 0 Å². The van der Waals surface area contributed by atoms with Gasteiger partial charge in [-0.2, -0.15) is 0 Å². The number of hydrogen-bond donors (Lipinski definition) is 1. The molecule has 1 aliphatic heterocycles. The van der Waals surface area contributed by atoms with E-state index in [1.54, 1.807) is 7.11 Å². The Morgan fingerprint density at radius 3 is 2.67 bits per heavy atom. The summed E-state index contributed by atoms with van der Waals surface area (Å²) in [4.78, 5) is 16.3. The lowest BCUT2D eigenvalue weighted by atomic mass is 10.3. The third-order valence-electron chi connectivity index (χ3n) is 3.29. The summed E-state index contributed by atoms with van der Waals surface area (Å²) in [6, 6.07) is 0. The minimum Gasteiger partial charge on any atom is -0.383 e. The van der Waals surface area contributed by atoms with Crippen LogP contribution in [0.15, 0.2) is 0 Å². The quantitative estimate of drug-likeness (QED) is 0.672. The summed E-state index contributed by atoms with van der Waals surface area (Å²) in [6.07, 6.45) is 0.478. The average molecular weight is 259 g/mol. The first-order valence-corrected chi connectivity index (χ1v) is 6.45. The second-order valence-electron chi connectivity index (χ2n) is 4.47. The molecule has 1 rings (SSSR count). The van der Waals surface area contributed by atoms with E-state index in [1.807, 2.05) is 4.90 Å². The Kier molecular flexibility index (Phi) is 7.19. The summed E-state index contributed by atoms with van der Waals surface area (Å²) < 4.78 is 10.2. The maximum absolute atomic E-state index is 12.1. The Balaban J connectivity index is 2.43. The van der Waals surface area contributed by atoms with Gasteiger partial charge in [-0.05, 0) is 13.0 Å². The third-order valence-corrected chi connectivity index (χ3v) is 3.29. The molecule has 6 heteroatoms. The Bertz CT molecular complexity index is 247. The van der Waals surface area contributed by atoms with E-state index in [1.165, 1.54) is 7.11 Å². The number of methoxy groups -OCH3 is 2. The van der Waals surface area contributed by atoms with Crippen molar-refractivity contribution in [3.05, 3.63) is 0 Å². The molecule has 1 saturated heterocycles. The summed E-state index contributed by atoms with van der Waals surface area (Å²) in [6.45, 7) is 5.30. The van der Waals surface area contributed by atoms with Crippen molar-refractivity contribution in [1.29, 1.82) is 0 Å². The minimum atomic E-state index is -0.504. The summed E-state index contributed by atoms with van der Waals surface area (Å²) in [5.74, 6) is 0.00796.